The summed E-state index contributed by atoms with van der Waals surface area (Å²) in [5, 5.41) is 2.80. The van der Waals surface area contributed by atoms with Gasteiger partial charge in [0.15, 0.2) is 11.7 Å². The molecule has 0 aliphatic heterocycles. The Labute approximate surface area is 220 Å². The number of hydrogen-bond acceptors (Lipinski definition) is 5. The number of hydrogen-bond donors (Lipinski definition) is 3. The summed E-state index contributed by atoms with van der Waals surface area (Å²) in [5.74, 6) is -0.157. The van der Waals surface area contributed by atoms with Crippen LogP contribution >= 0.6 is 55.7 Å². The van der Waals surface area contributed by atoms with Gasteiger partial charge in [-0.1, -0.05) is 69.6 Å². The Morgan fingerprint density at radius 1 is 0.970 bits per heavy atom. The maximum Gasteiger partial charge on any atom is 0.276 e. The van der Waals surface area contributed by atoms with Gasteiger partial charge in [-0.25, -0.2) is 0 Å². The molecule has 0 saturated carbocycles. The van der Waals surface area contributed by atoms with Crippen molar-refractivity contribution in [3.63, 3.8) is 0 Å². The summed E-state index contributed by atoms with van der Waals surface area (Å²) in [7, 11) is 0. The van der Waals surface area contributed by atoms with Crippen molar-refractivity contribution < 1.29 is 19.1 Å². The number of unbranched alkanes of at least 4 members (excludes halogenated alkanes) is 3. The Kier molecular flexibility index (Phi) is 11.9. The van der Waals surface area contributed by atoms with Crippen LogP contribution in [0.25, 0.3) is 0 Å². The predicted molar refractivity (Wildman–Crippen MR) is 140 cm³/mol. The van der Waals surface area contributed by atoms with Gasteiger partial charge in [0.2, 0.25) is 0 Å². The van der Waals surface area contributed by atoms with E-state index in [-0.39, 0.29) is 11.7 Å². The molecule has 0 saturated heterocycles. The first-order chi connectivity index (χ1) is 15.8. The average Bonchev–Trinajstić information content (AvgIpc) is 2.77. The summed E-state index contributed by atoms with van der Waals surface area (Å²) >= 11 is 17.8. The molecule has 3 N–H and O–H groups in total. The molecule has 0 bridgehead atoms. The highest BCUT2D eigenvalue weighted by molar-refractivity contribution is 9.10. The van der Waals surface area contributed by atoms with E-state index in [2.05, 4.69) is 55.0 Å². The van der Waals surface area contributed by atoms with E-state index in [9.17, 15) is 9.59 Å². The molecule has 0 aliphatic carbocycles. The molecule has 0 unspecified atom stereocenters. The van der Waals surface area contributed by atoms with E-state index in [0.717, 1.165) is 34.6 Å². The minimum Gasteiger partial charge on any atom is -0.493 e. The number of amides is 2. The summed E-state index contributed by atoms with van der Waals surface area (Å²) in [6.07, 6.45) is 4.26. The zero-order valence-corrected chi connectivity index (χ0v) is 22.6. The van der Waals surface area contributed by atoms with Crippen LogP contribution in [0.15, 0.2) is 45.3 Å². The van der Waals surface area contributed by atoms with Crippen molar-refractivity contribution in [3.05, 3.63) is 55.9 Å². The molecule has 0 atom stereocenters. The highest BCUT2D eigenvalue weighted by Gasteiger charge is 2.15. The molecule has 7 nitrogen and oxygen atoms in total. The van der Waals surface area contributed by atoms with Gasteiger partial charge in [0.1, 0.15) is 11.5 Å². The fourth-order valence-corrected chi connectivity index (χ4v) is 3.85. The van der Waals surface area contributed by atoms with Gasteiger partial charge in [-0.2, -0.15) is 0 Å². The Hall–Kier alpha value is -1.88. The number of benzene rings is 2. The second-order valence-corrected chi connectivity index (χ2v) is 9.52. The first-order valence-corrected chi connectivity index (χ1v) is 12.6. The molecule has 2 rings (SSSR count). The summed E-state index contributed by atoms with van der Waals surface area (Å²) in [5.41, 5.74) is 5.15. The van der Waals surface area contributed by atoms with Gasteiger partial charge in [-0.15, -0.1) is 0 Å². The number of thiocarbonyl (C=S) groups is 1. The second kappa shape index (κ2) is 14.4. The maximum absolute atomic E-state index is 12.7. The first kappa shape index (κ1) is 27.4. The Balaban J connectivity index is 1.82. The number of nitrogens with one attached hydrogen (secondary N) is 3. The first-order valence-electron chi connectivity index (χ1n) is 10.2. The molecule has 2 aromatic carbocycles. The van der Waals surface area contributed by atoms with Crippen LogP contribution in [0, 0.1) is 0 Å². The van der Waals surface area contributed by atoms with Crippen LogP contribution in [0.3, 0.4) is 0 Å². The third-order valence-electron chi connectivity index (χ3n) is 4.24. The molecule has 0 fully saturated rings. The van der Waals surface area contributed by atoms with Crippen molar-refractivity contribution in [2.75, 3.05) is 13.2 Å². The van der Waals surface area contributed by atoms with Gasteiger partial charge in [-0.05, 0) is 55.0 Å². The van der Waals surface area contributed by atoms with Crippen LogP contribution < -0.4 is 25.6 Å². The zero-order chi connectivity index (χ0) is 24.2. The van der Waals surface area contributed by atoms with E-state index in [0.29, 0.717) is 28.7 Å². The van der Waals surface area contributed by atoms with Crippen molar-refractivity contribution in [1.29, 1.82) is 0 Å². The van der Waals surface area contributed by atoms with Crippen molar-refractivity contribution >= 4 is 72.6 Å². The Bertz CT molecular complexity index is 994. The summed E-state index contributed by atoms with van der Waals surface area (Å²) in [6.45, 7) is 2.36. The molecular formula is C22H24Br2ClN3O4S. The number of rotatable bonds is 10. The lowest BCUT2D eigenvalue weighted by Crippen LogP contribution is -2.49. The number of ether oxygens (including phenoxy) is 2. The molecule has 33 heavy (non-hydrogen) atoms. The fraction of sp³-hybridized carbons (Fsp3) is 0.318. The van der Waals surface area contributed by atoms with Gasteiger partial charge in [0.25, 0.3) is 11.8 Å². The van der Waals surface area contributed by atoms with Gasteiger partial charge >= 0.3 is 0 Å². The van der Waals surface area contributed by atoms with Crippen LogP contribution in [-0.2, 0) is 4.79 Å². The third kappa shape index (κ3) is 9.87. The van der Waals surface area contributed by atoms with E-state index in [4.69, 9.17) is 33.3 Å². The van der Waals surface area contributed by atoms with Crippen LogP contribution in [-0.4, -0.2) is 30.1 Å². The SMILES string of the molecule is CCCCCCOc1ccc(Br)cc1C(=O)NC(=S)NNC(=O)COc1ccc(Br)cc1Cl. The normalized spacial score (nSPS) is 10.3. The minimum atomic E-state index is -0.510. The van der Waals surface area contributed by atoms with E-state index in [1.807, 2.05) is 0 Å². The van der Waals surface area contributed by atoms with Crippen LogP contribution in [0.2, 0.25) is 5.02 Å². The third-order valence-corrected chi connectivity index (χ3v) is 5.72. The molecule has 2 aromatic rings. The predicted octanol–water partition coefficient (Wildman–Crippen LogP) is 5.54. The summed E-state index contributed by atoms with van der Waals surface area (Å²) < 4.78 is 12.7. The minimum absolute atomic E-state index is 0.0797. The van der Waals surface area contributed by atoms with Gasteiger partial charge in [0, 0.05) is 8.95 Å². The topological polar surface area (TPSA) is 88.7 Å². The highest BCUT2D eigenvalue weighted by Crippen LogP contribution is 2.27. The van der Waals surface area contributed by atoms with Crippen molar-refractivity contribution in [3.8, 4) is 11.5 Å². The Morgan fingerprint density at radius 3 is 2.36 bits per heavy atom. The zero-order valence-electron chi connectivity index (χ0n) is 17.9. The van der Waals surface area contributed by atoms with E-state index >= 15 is 0 Å². The van der Waals surface area contributed by atoms with Crippen LogP contribution in [0.5, 0.6) is 11.5 Å². The van der Waals surface area contributed by atoms with Crippen molar-refractivity contribution in [1.82, 2.24) is 16.2 Å². The number of halogens is 3. The Morgan fingerprint density at radius 2 is 1.67 bits per heavy atom. The summed E-state index contributed by atoms with van der Waals surface area (Å²) in [6, 6.07) is 10.2. The second-order valence-electron chi connectivity index (χ2n) is 6.87. The molecule has 0 radical (unpaired) electrons. The fourth-order valence-electron chi connectivity index (χ4n) is 2.62. The van der Waals surface area contributed by atoms with E-state index in [1.165, 1.54) is 0 Å². The largest absolute Gasteiger partial charge is 0.493 e. The van der Waals surface area contributed by atoms with Gasteiger partial charge < -0.3 is 9.47 Å². The van der Waals surface area contributed by atoms with E-state index in [1.54, 1.807) is 36.4 Å². The summed E-state index contributed by atoms with van der Waals surface area (Å²) in [4.78, 5) is 24.7. The monoisotopic (exact) mass is 619 g/mol. The smallest absolute Gasteiger partial charge is 0.276 e. The standard InChI is InChI=1S/C22H24Br2ClN3O4S/c1-2-3-4-5-10-31-18-8-6-14(23)11-16(18)21(30)26-22(33)28-27-20(29)13-32-19-9-7-15(24)12-17(19)25/h6-9,11-12H,2-5,10,13H2,1H3,(H,27,29)(H2,26,28,30,33). The van der Waals surface area contributed by atoms with Crippen LogP contribution in [0.4, 0.5) is 0 Å². The van der Waals surface area contributed by atoms with Crippen molar-refractivity contribution in [2.24, 2.45) is 0 Å². The van der Waals surface area contributed by atoms with Gasteiger partial charge in [-0.3, -0.25) is 25.8 Å². The maximum atomic E-state index is 12.7. The molecule has 2 amide bonds. The highest BCUT2D eigenvalue weighted by atomic mass is 79.9. The van der Waals surface area contributed by atoms with E-state index < -0.39 is 11.8 Å². The molecular weight excluding hydrogens is 598 g/mol. The number of carbonyl (C=O) groups is 2. The van der Waals surface area contributed by atoms with Crippen molar-refractivity contribution in [2.45, 2.75) is 32.6 Å². The molecule has 0 aromatic heterocycles. The molecule has 0 aliphatic rings. The van der Waals surface area contributed by atoms with Crippen LogP contribution in [0.1, 0.15) is 43.0 Å². The quantitative estimate of drug-likeness (QED) is 0.184. The average molecular weight is 622 g/mol. The number of carbonyl (C=O) groups excluding carboxylic acids is 2. The number of hydrazine groups is 1. The molecule has 178 valence electrons. The lowest BCUT2D eigenvalue weighted by Gasteiger charge is -2.14. The lowest BCUT2D eigenvalue weighted by atomic mass is 10.2. The molecule has 11 heteroatoms. The van der Waals surface area contributed by atoms with Gasteiger partial charge in [0.05, 0.1) is 17.2 Å². The molecule has 0 heterocycles. The lowest BCUT2D eigenvalue weighted by molar-refractivity contribution is -0.123. The molecule has 0 spiro atoms.